The van der Waals surface area contributed by atoms with Gasteiger partial charge in [0.15, 0.2) is 0 Å². The van der Waals surface area contributed by atoms with E-state index in [4.69, 9.17) is 10.6 Å². The zero-order valence-corrected chi connectivity index (χ0v) is 10.6. The van der Waals surface area contributed by atoms with Gasteiger partial charge in [0.2, 0.25) is 0 Å². The average molecular weight is 236 g/mol. The summed E-state index contributed by atoms with van der Waals surface area (Å²) in [5, 5.41) is 1.03. The van der Waals surface area contributed by atoms with Crippen LogP contribution in [0, 0.1) is 0 Å². The number of hydrogen-bond acceptors (Lipinski definition) is 3. The molecule has 1 rings (SSSR count). The molecule has 0 atom stereocenters. The maximum atomic E-state index is 11.2. The van der Waals surface area contributed by atoms with E-state index in [1.165, 1.54) is 12.6 Å². The average Bonchev–Trinajstić information content (AvgIpc) is 2.29. The van der Waals surface area contributed by atoms with Gasteiger partial charge in [-0.3, -0.25) is 9.80 Å². The number of hydrazine groups is 1. The number of benzene rings is 1. The first-order chi connectivity index (χ1) is 8.00. The minimum Gasteiger partial charge on any atom is -0.367 e. The standard InChI is InChI=1S/C13H20N2O2/c1-10(2)12-6-4-11(5-7-12)8-17-9-13(16)15(3)14/h4-7,10H,8-9,14H2,1-3H3. The second-order valence-electron chi connectivity index (χ2n) is 4.39. The van der Waals surface area contributed by atoms with Crippen molar-refractivity contribution >= 4 is 5.91 Å². The van der Waals surface area contributed by atoms with Crippen molar-refractivity contribution < 1.29 is 9.53 Å². The number of carbonyl (C=O) groups is 1. The lowest BCUT2D eigenvalue weighted by atomic mass is 10.0. The smallest absolute Gasteiger partial charge is 0.262 e. The lowest BCUT2D eigenvalue weighted by molar-refractivity contribution is -0.135. The molecule has 0 heterocycles. The molecule has 0 aliphatic carbocycles. The van der Waals surface area contributed by atoms with E-state index in [2.05, 4.69) is 26.0 Å². The highest BCUT2D eigenvalue weighted by molar-refractivity contribution is 5.76. The monoisotopic (exact) mass is 236 g/mol. The Balaban J connectivity index is 2.40. The lowest BCUT2D eigenvalue weighted by Gasteiger charge is -2.10. The zero-order valence-electron chi connectivity index (χ0n) is 10.6. The molecule has 4 heteroatoms. The molecule has 0 unspecified atom stereocenters. The normalized spacial score (nSPS) is 10.6. The number of nitrogens with two attached hydrogens (primary N) is 1. The fraction of sp³-hybridized carbons (Fsp3) is 0.462. The largest absolute Gasteiger partial charge is 0.367 e. The molecule has 0 radical (unpaired) electrons. The third-order valence-electron chi connectivity index (χ3n) is 2.53. The van der Waals surface area contributed by atoms with Crippen molar-refractivity contribution in [1.82, 2.24) is 5.01 Å². The first-order valence-corrected chi connectivity index (χ1v) is 5.68. The molecular weight excluding hydrogens is 216 g/mol. The molecule has 1 amide bonds. The summed E-state index contributed by atoms with van der Waals surface area (Å²) in [5.41, 5.74) is 2.35. The number of nitrogens with zero attached hydrogens (tertiary/aromatic N) is 1. The van der Waals surface area contributed by atoms with Crippen LogP contribution in [-0.2, 0) is 16.1 Å². The van der Waals surface area contributed by atoms with E-state index in [9.17, 15) is 4.79 Å². The summed E-state index contributed by atoms with van der Waals surface area (Å²) in [6, 6.07) is 8.21. The minimum atomic E-state index is -0.233. The summed E-state index contributed by atoms with van der Waals surface area (Å²) in [4.78, 5) is 11.2. The van der Waals surface area contributed by atoms with Crippen LogP contribution in [0.4, 0.5) is 0 Å². The Morgan fingerprint density at radius 2 is 1.94 bits per heavy atom. The Morgan fingerprint density at radius 1 is 1.35 bits per heavy atom. The first-order valence-electron chi connectivity index (χ1n) is 5.68. The van der Waals surface area contributed by atoms with Crippen LogP contribution in [0.25, 0.3) is 0 Å². The Labute approximate surface area is 102 Å². The van der Waals surface area contributed by atoms with Crippen LogP contribution in [-0.4, -0.2) is 24.6 Å². The Bertz CT molecular complexity index is 358. The fourth-order valence-electron chi connectivity index (χ4n) is 1.36. The zero-order chi connectivity index (χ0) is 12.8. The van der Waals surface area contributed by atoms with E-state index in [0.717, 1.165) is 10.6 Å². The number of hydrogen-bond donors (Lipinski definition) is 1. The Morgan fingerprint density at radius 3 is 2.41 bits per heavy atom. The first kappa shape index (κ1) is 13.7. The highest BCUT2D eigenvalue weighted by atomic mass is 16.5. The summed E-state index contributed by atoms with van der Waals surface area (Å²) < 4.78 is 5.27. The molecule has 0 aliphatic heterocycles. The third kappa shape index (κ3) is 4.54. The SMILES string of the molecule is CC(C)c1ccc(COCC(=O)N(C)N)cc1. The topological polar surface area (TPSA) is 55.6 Å². The molecule has 0 saturated carbocycles. The van der Waals surface area contributed by atoms with E-state index in [1.54, 1.807) is 0 Å². The summed E-state index contributed by atoms with van der Waals surface area (Å²) in [5.74, 6) is 5.57. The van der Waals surface area contributed by atoms with E-state index in [1.807, 2.05) is 12.1 Å². The minimum absolute atomic E-state index is 0.0128. The number of ether oxygens (including phenoxy) is 1. The lowest BCUT2D eigenvalue weighted by Crippen LogP contribution is -2.35. The maximum Gasteiger partial charge on any atom is 0.262 e. The van der Waals surface area contributed by atoms with Crippen molar-refractivity contribution in [3.63, 3.8) is 0 Å². The van der Waals surface area contributed by atoms with Gasteiger partial charge < -0.3 is 4.74 Å². The Hall–Kier alpha value is -1.39. The molecule has 94 valence electrons. The summed E-state index contributed by atoms with van der Waals surface area (Å²) in [6.07, 6.45) is 0. The van der Waals surface area contributed by atoms with Gasteiger partial charge in [-0.05, 0) is 17.0 Å². The predicted molar refractivity (Wildman–Crippen MR) is 67.1 cm³/mol. The van der Waals surface area contributed by atoms with Crippen LogP contribution in [0.1, 0.15) is 30.9 Å². The number of carbonyl (C=O) groups excluding carboxylic acids is 1. The van der Waals surface area contributed by atoms with E-state index >= 15 is 0 Å². The summed E-state index contributed by atoms with van der Waals surface area (Å²) in [7, 11) is 1.50. The molecule has 2 N–H and O–H groups in total. The molecule has 17 heavy (non-hydrogen) atoms. The number of rotatable bonds is 5. The van der Waals surface area contributed by atoms with Crippen LogP contribution >= 0.6 is 0 Å². The molecule has 4 nitrogen and oxygen atoms in total. The van der Waals surface area contributed by atoms with Crippen molar-refractivity contribution in [2.24, 2.45) is 5.84 Å². The quantitative estimate of drug-likeness (QED) is 0.480. The highest BCUT2D eigenvalue weighted by Crippen LogP contribution is 2.14. The molecule has 0 spiro atoms. The molecule has 0 aliphatic rings. The van der Waals surface area contributed by atoms with Gasteiger partial charge in [0.1, 0.15) is 6.61 Å². The van der Waals surface area contributed by atoms with E-state index in [-0.39, 0.29) is 12.5 Å². The van der Waals surface area contributed by atoms with Crippen molar-refractivity contribution in [2.75, 3.05) is 13.7 Å². The number of likely N-dealkylation sites (N-methyl/N-ethyl adjacent to an activating group) is 1. The second kappa shape index (κ2) is 6.37. The summed E-state index contributed by atoms with van der Waals surface area (Å²) >= 11 is 0. The predicted octanol–water partition coefficient (Wildman–Crippen LogP) is 1.66. The molecule has 0 aromatic heterocycles. The van der Waals surface area contributed by atoms with Gasteiger partial charge in [0.05, 0.1) is 6.61 Å². The van der Waals surface area contributed by atoms with Gasteiger partial charge >= 0.3 is 0 Å². The van der Waals surface area contributed by atoms with Gasteiger partial charge in [-0.1, -0.05) is 38.1 Å². The highest BCUT2D eigenvalue weighted by Gasteiger charge is 2.04. The molecule has 1 aromatic rings. The van der Waals surface area contributed by atoms with Crippen molar-refractivity contribution in [1.29, 1.82) is 0 Å². The van der Waals surface area contributed by atoms with Gasteiger partial charge in [-0.15, -0.1) is 0 Å². The Kier molecular flexibility index (Phi) is 5.12. The fourth-order valence-corrected chi connectivity index (χ4v) is 1.36. The van der Waals surface area contributed by atoms with Crippen molar-refractivity contribution in [2.45, 2.75) is 26.4 Å². The van der Waals surface area contributed by atoms with Crippen LogP contribution in [0.3, 0.4) is 0 Å². The third-order valence-corrected chi connectivity index (χ3v) is 2.53. The maximum absolute atomic E-state index is 11.2. The molecule has 0 saturated heterocycles. The van der Waals surface area contributed by atoms with E-state index in [0.29, 0.717) is 12.5 Å². The molecule has 0 fully saturated rings. The molecule has 0 bridgehead atoms. The summed E-state index contributed by atoms with van der Waals surface area (Å²) in [6.45, 7) is 4.75. The van der Waals surface area contributed by atoms with Crippen molar-refractivity contribution in [3.05, 3.63) is 35.4 Å². The van der Waals surface area contributed by atoms with Crippen LogP contribution in [0.15, 0.2) is 24.3 Å². The van der Waals surface area contributed by atoms with Crippen molar-refractivity contribution in [3.8, 4) is 0 Å². The van der Waals surface area contributed by atoms with Gasteiger partial charge in [-0.2, -0.15) is 0 Å². The number of amides is 1. The second-order valence-corrected chi connectivity index (χ2v) is 4.39. The van der Waals surface area contributed by atoms with Crippen LogP contribution in [0.5, 0.6) is 0 Å². The van der Waals surface area contributed by atoms with Gasteiger partial charge in [-0.25, -0.2) is 5.84 Å². The van der Waals surface area contributed by atoms with Crippen LogP contribution in [0.2, 0.25) is 0 Å². The van der Waals surface area contributed by atoms with Gasteiger partial charge in [0, 0.05) is 7.05 Å². The molecule has 1 aromatic carbocycles. The van der Waals surface area contributed by atoms with Gasteiger partial charge in [0.25, 0.3) is 5.91 Å². The molecular formula is C13H20N2O2. The van der Waals surface area contributed by atoms with E-state index < -0.39 is 0 Å². The van der Waals surface area contributed by atoms with Crippen LogP contribution < -0.4 is 5.84 Å².